The van der Waals surface area contributed by atoms with Crippen molar-refractivity contribution in [3.05, 3.63) is 96.7 Å². The number of pyridine rings is 1. The van der Waals surface area contributed by atoms with Crippen LogP contribution in [0.4, 0.5) is 5.69 Å². The van der Waals surface area contributed by atoms with Gasteiger partial charge in [-0.1, -0.05) is 30.3 Å². The summed E-state index contributed by atoms with van der Waals surface area (Å²) in [6.07, 6.45) is 7.16. The highest BCUT2D eigenvalue weighted by atomic mass is 16.5. The van der Waals surface area contributed by atoms with Crippen LogP contribution in [0.15, 0.2) is 85.6 Å². The van der Waals surface area contributed by atoms with Crippen LogP contribution in [0.25, 0.3) is 5.82 Å². The topological polar surface area (TPSA) is 90.3 Å². The van der Waals surface area contributed by atoms with Gasteiger partial charge in [0.1, 0.15) is 12.1 Å². The summed E-state index contributed by atoms with van der Waals surface area (Å²) in [5.74, 6) is 1.75. The normalized spacial score (nSPS) is 10.6. The molecule has 2 aromatic carbocycles. The lowest BCUT2D eigenvalue weighted by molar-refractivity contribution is -0.118. The molecule has 8 heteroatoms. The summed E-state index contributed by atoms with van der Waals surface area (Å²) in [6.45, 7) is 3.64. The van der Waals surface area contributed by atoms with Crippen molar-refractivity contribution in [3.63, 3.8) is 0 Å². The van der Waals surface area contributed by atoms with Gasteiger partial charge in [-0.25, -0.2) is 9.97 Å². The van der Waals surface area contributed by atoms with Crippen LogP contribution in [0, 0.1) is 0 Å². The Labute approximate surface area is 198 Å². The van der Waals surface area contributed by atoms with Crippen LogP contribution in [-0.4, -0.2) is 33.7 Å². The number of anilines is 1. The van der Waals surface area contributed by atoms with Gasteiger partial charge < -0.3 is 20.1 Å². The zero-order chi connectivity index (χ0) is 23.6. The van der Waals surface area contributed by atoms with E-state index >= 15 is 0 Å². The van der Waals surface area contributed by atoms with E-state index in [1.54, 1.807) is 12.5 Å². The Hall–Kier alpha value is -4.17. The quantitative estimate of drug-likeness (QED) is 0.354. The zero-order valence-corrected chi connectivity index (χ0v) is 19.0. The number of nitrogens with zero attached hydrogens (tertiary/aromatic N) is 3. The van der Waals surface area contributed by atoms with Crippen molar-refractivity contribution in [2.45, 2.75) is 20.0 Å². The lowest BCUT2D eigenvalue weighted by atomic mass is 10.2. The van der Waals surface area contributed by atoms with Crippen molar-refractivity contribution in [2.75, 3.05) is 18.5 Å². The molecule has 34 heavy (non-hydrogen) atoms. The number of benzene rings is 2. The van der Waals surface area contributed by atoms with Gasteiger partial charge in [0.2, 0.25) is 0 Å². The number of ether oxygens (including phenoxy) is 2. The van der Waals surface area contributed by atoms with E-state index in [1.165, 1.54) is 0 Å². The van der Waals surface area contributed by atoms with Gasteiger partial charge >= 0.3 is 0 Å². The second-order valence-corrected chi connectivity index (χ2v) is 7.52. The summed E-state index contributed by atoms with van der Waals surface area (Å²) in [6, 6.07) is 19.0. The van der Waals surface area contributed by atoms with Crippen molar-refractivity contribution in [2.24, 2.45) is 0 Å². The third-order valence-corrected chi connectivity index (χ3v) is 4.96. The number of rotatable bonds is 11. The van der Waals surface area contributed by atoms with E-state index < -0.39 is 0 Å². The van der Waals surface area contributed by atoms with Crippen LogP contribution in [0.1, 0.15) is 18.1 Å². The molecular weight excluding hydrogens is 430 g/mol. The fraction of sp³-hybridized carbons (Fsp3) is 0.192. The molecule has 0 saturated carbocycles. The largest absolute Gasteiger partial charge is 0.490 e. The van der Waals surface area contributed by atoms with E-state index in [0.717, 1.165) is 22.6 Å². The SMILES string of the molecule is CCOc1cc(CNCc2ccc(-n3ccnc3)nc2)ccc1OCC(=O)Nc1ccccc1. The van der Waals surface area contributed by atoms with Gasteiger partial charge in [-0.15, -0.1) is 0 Å². The first-order valence-corrected chi connectivity index (χ1v) is 11.1. The Bertz CT molecular complexity index is 1180. The molecule has 0 spiro atoms. The second kappa shape index (κ2) is 11.6. The fourth-order valence-electron chi connectivity index (χ4n) is 3.33. The predicted molar refractivity (Wildman–Crippen MR) is 130 cm³/mol. The van der Waals surface area contributed by atoms with Crippen molar-refractivity contribution in [3.8, 4) is 17.3 Å². The summed E-state index contributed by atoms with van der Waals surface area (Å²) in [5, 5.41) is 6.22. The summed E-state index contributed by atoms with van der Waals surface area (Å²) < 4.78 is 13.3. The van der Waals surface area contributed by atoms with Gasteiger partial charge in [-0.05, 0) is 48.4 Å². The average Bonchev–Trinajstić information content (AvgIpc) is 3.40. The molecule has 0 atom stereocenters. The van der Waals surface area contributed by atoms with Crippen molar-refractivity contribution >= 4 is 11.6 Å². The molecule has 2 aromatic heterocycles. The molecule has 1 amide bonds. The number of hydrogen-bond acceptors (Lipinski definition) is 6. The average molecular weight is 458 g/mol. The molecular formula is C26H27N5O3. The lowest BCUT2D eigenvalue weighted by Crippen LogP contribution is -2.20. The third kappa shape index (κ3) is 6.43. The first kappa shape index (κ1) is 23.0. The number of aromatic nitrogens is 3. The molecule has 0 bridgehead atoms. The minimum absolute atomic E-state index is 0.103. The molecule has 0 fully saturated rings. The second-order valence-electron chi connectivity index (χ2n) is 7.52. The summed E-state index contributed by atoms with van der Waals surface area (Å²) in [4.78, 5) is 20.7. The summed E-state index contributed by atoms with van der Waals surface area (Å²) in [7, 11) is 0. The standard InChI is InChI=1S/C26H27N5O3/c1-2-33-24-14-20(8-10-23(24)34-18-26(32)30-22-6-4-3-5-7-22)15-28-16-21-9-11-25(29-17-21)31-13-12-27-19-31/h3-14,17,19,28H,2,15-16,18H2,1H3,(H,30,32). The molecule has 2 heterocycles. The van der Waals surface area contributed by atoms with Crippen molar-refractivity contribution < 1.29 is 14.3 Å². The van der Waals surface area contributed by atoms with Gasteiger partial charge in [-0.2, -0.15) is 0 Å². The van der Waals surface area contributed by atoms with E-state index in [-0.39, 0.29) is 12.5 Å². The third-order valence-electron chi connectivity index (χ3n) is 4.96. The van der Waals surface area contributed by atoms with Crippen LogP contribution in [-0.2, 0) is 17.9 Å². The highest BCUT2D eigenvalue weighted by Gasteiger charge is 2.10. The Kier molecular flexibility index (Phi) is 7.86. The highest BCUT2D eigenvalue weighted by Crippen LogP contribution is 2.28. The highest BCUT2D eigenvalue weighted by molar-refractivity contribution is 5.91. The minimum Gasteiger partial charge on any atom is -0.490 e. The molecule has 0 aliphatic heterocycles. The maximum Gasteiger partial charge on any atom is 0.262 e. The van der Waals surface area contributed by atoms with E-state index in [0.29, 0.717) is 31.2 Å². The first-order valence-electron chi connectivity index (χ1n) is 11.1. The maximum absolute atomic E-state index is 12.2. The maximum atomic E-state index is 12.2. The molecule has 4 rings (SSSR count). The fourth-order valence-corrected chi connectivity index (χ4v) is 3.33. The number of nitrogens with one attached hydrogen (secondary N) is 2. The molecule has 0 unspecified atom stereocenters. The zero-order valence-electron chi connectivity index (χ0n) is 19.0. The van der Waals surface area contributed by atoms with E-state index in [2.05, 4.69) is 20.6 Å². The molecule has 0 aliphatic rings. The van der Waals surface area contributed by atoms with Gasteiger partial charge in [0.05, 0.1) is 6.61 Å². The van der Waals surface area contributed by atoms with Gasteiger partial charge in [0.25, 0.3) is 5.91 Å². The van der Waals surface area contributed by atoms with Crippen LogP contribution in [0.3, 0.4) is 0 Å². The van der Waals surface area contributed by atoms with E-state index in [4.69, 9.17) is 9.47 Å². The van der Waals surface area contributed by atoms with Gasteiger partial charge in [0.15, 0.2) is 18.1 Å². The predicted octanol–water partition coefficient (Wildman–Crippen LogP) is 3.97. The number of imidazole rings is 1. The number of amides is 1. The van der Waals surface area contributed by atoms with Crippen LogP contribution >= 0.6 is 0 Å². The molecule has 0 saturated heterocycles. The van der Waals surface area contributed by atoms with E-state index in [9.17, 15) is 4.79 Å². The molecule has 8 nitrogen and oxygen atoms in total. The smallest absolute Gasteiger partial charge is 0.262 e. The molecule has 174 valence electrons. The molecule has 0 radical (unpaired) electrons. The number of para-hydroxylation sites is 1. The minimum atomic E-state index is -0.230. The molecule has 0 aliphatic carbocycles. The number of hydrogen-bond donors (Lipinski definition) is 2. The van der Waals surface area contributed by atoms with Gasteiger partial charge in [-0.3, -0.25) is 9.36 Å². The Morgan fingerprint density at radius 2 is 1.79 bits per heavy atom. The number of carbonyl (C=O) groups is 1. The first-order chi connectivity index (χ1) is 16.7. The Morgan fingerprint density at radius 3 is 2.53 bits per heavy atom. The number of carbonyl (C=O) groups excluding carboxylic acids is 1. The van der Waals surface area contributed by atoms with Crippen LogP contribution < -0.4 is 20.1 Å². The summed E-state index contributed by atoms with van der Waals surface area (Å²) >= 11 is 0. The Morgan fingerprint density at radius 1 is 0.971 bits per heavy atom. The summed E-state index contributed by atoms with van der Waals surface area (Å²) in [5.41, 5.74) is 2.86. The van der Waals surface area contributed by atoms with Crippen LogP contribution in [0.5, 0.6) is 11.5 Å². The van der Waals surface area contributed by atoms with Crippen molar-refractivity contribution in [1.82, 2.24) is 19.9 Å². The Balaban J connectivity index is 1.29. The molecule has 4 aromatic rings. The van der Waals surface area contributed by atoms with Crippen LogP contribution in [0.2, 0.25) is 0 Å². The van der Waals surface area contributed by atoms with Gasteiger partial charge in [0, 0.05) is 37.4 Å². The molecule has 2 N–H and O–H groups in total. The van der Waals surface area contributed by atoms with E-state index in [1.807, 2.05) is 84.5 Å². The lowest BCUT2D eigenvalue weighted by Gasteiger charge is -2.14. The monoisotopic (exact) mass is 457 g/mol. The van der Waals surface area contributed by atoms with Crippen molar-refractivity contribution in [1.29, 1.82) is 0 Å².